The first-order valence-electron chi connectivity index (χ1n) is 9.72. The van der Waals surface area contributed by atoms with E-state index in [0.717, 1.165) is 5.69 Å². The Labute approximate surface area is 200 Å². The summed E-state index contributed by atoms with van der Waals surface area (Å²) in [5, 5.41) is 7.22. The van der Waals surface area contributed by atoms with E-state index >= 15 is 0 Å². The Morgan fingerprint density at radius 1 is 1.34 bits per heavy atom. The van der Waals surface area contributed by atoms with Gasteiger partial charge in [-0.25, -0.2) is 9.98 Å². The van der Waals surface area contributed by atoms with Gasteiger partial charge in [0.15, 0.2) is 12.6 Å². The number of carbonyl (C=O) groups excluding carboxylic acids is 1. The molecule has 32 heavy (non-hydrogen) atoms. The maximum absolute atomic E-state index is 12.7. The maximum Gasteiger partial charge on any atom is 0.422 e. The molecule has 0 atom stereocenters. The van der Waals surface area contributed by atoms with Crippen LogP contribution in [0.3, 0.4) is 0 Å². The van der Waals surface area contributed by atoms with Crippen LogP contribution in [0.1, 0.15) is 12.5 Å². The molecular weight excluding hydrogens is 542 g/mol. The number of aromatic nitrogens is 3. The summed E-state index contributed by atoms with van der Waals surface area (Å²) in [5.74, 6) is 0.282. The molecule has 0 saturated carbocycles. The second kappa shape index (κ2) is 11.3. The standard InChI is InChI=1S/C19H24F3N7O2.HI/c1-3-23-18(25-9-14-5-4-6-24-17(14)31-13-19(20,21)22)28-7-8-29(16(30)12-28)15-10-26-27(2)11-15;/h4-6,10-11H,3,7-9,12-13H2,1-2H3,(H,23,25);1H. The number of alkyl halides is 3. The molecule has 0 spiro atoms. The number of carbonyl (C=O) groups is 1. The smallest absolute Gasteiger partial charge is 0.422 e. The molecule has 13 heteroatoms. The van der Waals surface area contributed by atoms with Crippen LogP contribution < -0.4 is 15.0 Å². The minimum Gasteiger partial charge on any atom is -0.468 e. The molecular formula is C19H25F3IN7O2. The number of nitrogens with one attached hydrogen (secondary N) is 1. The fraction of sp³-hybridized carbons (Fsp3) is 0.474. The summed E-state index contributed by atoms with van der Waals surface area (Å²) in [5.41, 5.74) is 1.15. The minimum atomic E-state index is -4.46. The lowest BCUT2D eigenvalue weighted by atomic mass is 10.2. The van der Waals surface area contributed by atoms with Gasteiger partial charge in [0, 0.05) is 44.6 Å². The number of amides is 1. The summed E-state index contributed by atoms with van der Waals surface area (Å²) < 4.78 is 43.9. The number of aliphatic imine (C=N–C) groups is 1. The molecule has 2 aromatic rings. The number of hydrogen-bond donors (Lipinski definition) is 1. The fourth-order valence-corrected chi connectivity index (χ4v) is 3.09. The number of guanidine groups is 1. The third-order valence-electron chi connectivity index (χ3n) is 4.48. The van der Waals surface area contributed by atoms with Gasteiger partial charge in [0.05, 0.1) is 18.4 Å². The third kappa shape index (κ3) is 6.97. The van der Waals surface area contributed by atoms with Crippen molar-refractivity contribution in [2.45, 2.75) is 19.6 Å². The van der Waals surface area contributed by atoms with Crippen molar-refractivity contribution in [3.8, 4) is 5.88 Å². The van der Waals surface area contributed by atoms with E-state index in [4.69, 9.17) is 4.74 Å². The summed E-state index contributed by atoms with van der Waals surface area (Å²) in [7, 11) is 1.78. The normalized spacial score (nSPS) is 14.9. The Kier molecular flexibility index (Phi) is 9.09. The highest BCUT2D eigenvalue weighted by molar-refractivity contribution is 14.0. The van der Waals surface area contributed by atoms with Crippen LogP contribution in [0.4, 0.5) is 18.9 Å². The summed E-state index contributed by atoms with van der Waals surface area (Å²) >= 11 is 0. The van der Waals surface area contributed by atoms with E-state index in [2.05, 4.69) is 20.4 Å². The molecule has 1 N–H and O–H groups in total. The number of nitrogens with zero attached hydrogens (tertiary/aromatic N) is 6. The SMILES string of the molecule is CCNC(=NCc1cccnc1OCC(F)(F)F)N1CCN(c2cnn(C)c2)C(=O)C1.I. The molecule has 9 nitrogen and oxygen atoms in total. The average Bonchev–Trinajstić information content (AvgIpc) is 3.15. The van der Waals surface area contributed by atoms with Crippen LogP contribution in [-0.4, -0.2) is 70.5 Å². The van der Waals surface area contributed by atoms with Crippen molar-refractivity contribution < 1.29 is 22.7 Å². The molecule has 2 aromatic heterocycles. The van der Waals surface area contributed by atoms with Crippen molar-refractivity contribution >= 4 is 41.5 Å². The van der Waals surface area contributed by atoms with E-state index in [1.54, 1.807) is 41.2 Å². The van der Waals surface area contributed by atoms with Crippen LogP contribution in [-0.2, 0) is 18.4 Å². The molecule has 1 aliphatic heterocycles. The zero-order valence-electron chi connectivity index (χ0n) is 17.7. The van der Waals surface area contributed by atoms with E-state index in [0.29, 0.717) is 31.2 Å². The second-order valence-corrected chi connectivity index (χ2v) is 6.88. The Hall–Kier alpha value is -2.58. The molecule has 1 aliphatic rings. The van der Waals surface area contributed by atoms with Gasteiger partial charge in [-0.15, -0.1) is 24.0 Å². The Bertz CT molecular complexity index is 936. The van der Waals surface area contributed by atoms with E-state index in [1.165, 1.54) is 6.20 Å². The number of ether oxygens (including phenoxy) is 1. The molecule has 1 fully saturated rings. The molecule has 1 saturated heterocycles. The number of anilines is 1. The van der Waals surface area contributed by atoms with Crippen LogP contribution >= 0.6 is 24.0 Å². The van der Waals surface area contributed by atoms with Crippen molar-refractivity contribution in [3.05, 3.63) is 36.3 Å². The van der Waals surface area contributed by atoms with Gasteiger partial charge in [0.1, 0.15) is 6.54 Å². The van der Waals surface area contributed by atoms with Gasteiger partial charge in [-0.2, -0.15) is 18.3 Å². The van der Waals surface area contributed by atoms with E-state index in [9.17, 15) is 18.0 Å². The second-order valence-electron chi connectivity index (χ2n) is 6.88. The first-order valence-corrected chi connectivity index (χ1v) is 9.72. The highest BCUT2D eigenvalue weighted by Gasteiger charge is 2.29. The van der Waals surface area contributed by atoms with Crippen molar-refractivity contribution in [3.63, 3.8) is 0 Å². The molecule has 0 aliphatic carbocycles. The number of rotatable bonds is 6. The number of piperazine rings is 1. The van der Waals surface area contributed by atoms with Crippen LogP contribution in [0.25, 0.3) is 0 Å². The van der Waals surface area contributed by atoms with Gasteiger partial charge in [0.25, 0.3) is 0 Å². The monoisotopic (exact) mass is 567 g/mol. The molecule has 0 radical (unpaired) electrons. The van der Waals surface area contributed by atoms with Crippen molar-refractivity contribution in [1.82, 2.24) is 25.0 Å². The van der Waals surface area contributed by atoms with Gasteiger partial charge >= 0.3 is 6.18 Å². The van der Waals surface area contributed by atoms with Gasteiger partial charge < -0.3 is 19.9 Å². The minimum absolute atomic E-state index is 0. The predicted octanol–water partition coefficient (Wildman–Crippen LogP) is 2.19. The van der Waals surface area contributed by atoms with Crippen molar-refractivity contribution in [2.24, 2.45) is 12.0 Å². The zero-order valence-corrected chi connectivity index (χ0v) is 20.0. The number of aryl methyl sites for hydroxylation is 1. The number of pyridine rings is 1. The summed E-state index contributed by atoms with van der Waals surface area (Å²) in [6.07, 6.45) is 0.317. The molecule has 3 heterocycles. The van der Waals surface area contributed by atoms with Crippen LogP contribution in [0, 0.1) is 0 Å². The predicted molar refractivity (Wildman–Crippen MR) is 123 cm³/mol. The lowest BCUT2D eigenvalue weighted by Gasteiger charge is -2.35. The molecule has 0 aromatic carbocycles. The molecule has 1 amide bonds. The summed E-state index contributed by atoms with van der Waals surface area (Å²) in [6, 6.07) is 3.21. The third-order valence-corrected chi connectivity index (χ3v) is 4.48. The van der Waals surface area contributed by atoms with Crippen LogP contribution in [0.15, 0.2) is 35.7 Å². The van der Waals surface area contributed by atoms with E-state index in [-0.39, 0.29) is 48.9 Å². The van der Waals surface area contributed by atoms with E-state index < -0.39 is 12.8 Å². The topological polar surface area (TPSA) is 87.9 Å². The first-order chi connectivity index (χ1) is 14.8. The first kappa shape index (κ1) is 25.7. The molecule has 0 bridgehead atoms. The fourth-order valence-electron chi connectivity index (χ4n) is 3.09. The van der Waals surface area contributed by atoms with Gasteiger partial charge in [-0.1, -0.05) is 6.07 Å². The number of hydrogen-bond acceptors (Lipinski definition) is 5. The Morgan fingerprint density at radius 3 is 2.75 bits per heavy atom. The Balaban J connectivity index is 0.00000363. The highest BCUT2D eigenvalue weighted by atomic mass is 127. The average molecular weight is 567 g/mol. The molecule has 0 unspecified atom stereocenters. The largest absolute Gasteiger partial charge is 0.468 e. The van der Waals surface area contributed by atoms with Gasteiger partial charge in [-0.05, 0) is 13.0 Å². The van der Waals surface area contributed by atoms with Crippen LogP contribution in [0.2, 0.25) is 0 Å². The molecule has 3 rings (SSSR count). The van der Waals surface area contributed by atoms with Crippen molar-refractivity contribution in [2.75, 3.05) is 37.7 Å². The van der Waals surface area contributed by atoms with Gasteiger partial charge in [-0.3, -0.25) is 9.48 Å². The lowest BCUT2D eigenvalue weighted by Crippen LogP contribution is -2.55. The summed E-state index contributed by atoms with van der Waals surface area (Å²) in [6.45, 7) is 2.21. The van der Waals surface area contributed by atoms with E-state index in [1.807, 2.05) is 11.8 Å². The summed E-state index contributed by atoms with van der Waals surface area (Å²) in [4.78, 5) is 24.5. The lowest BCUT2D eigenvalue weighted by molar-refractivity contribution is -0.154. The highest BCUT2D eigenvalue weighted by Crippen LogP contribution is 2.21. The van der Waals surface area contributed by atoms with Gasteiger partial charge in [0.2, 0.25) is 11.8 Å². The molecule has 176 valence electrons. The quantitative estimate of drug-likeness (QED) is 0.328. The van der Waals surface area contributed by atoms with Crippen molar-refractivity contribution in [1.29, 1.82) is 0 Å². The number of halogens is 4. The maximum atomic E-state index is 12.7. The zero-order chi connectivity index (χ0) is 22.4. The Morgan fingerprint density at radius 2 is 2.12 bits per heavy atom. The van der Waals surface area contributed by atoms with Crippen LogP contribution in [0.5, 0.6) is 5.88 Å².